The number of aromatic nitrogens is 2. The highest BCUT2D eigenvalue weighted by Gasteiger charge is 2.22. The Hall–Kier alpha value is -1.60. The molecule has 1 saturated heterocycles. The molecule has 7 heteroatoms. The number of hydrogen-bond acceptors (Lipinski definition) is 6. The van der Waals surface area contributed by atoms with E-state index in [9.17, 15) is 4.79 Å². The average molecular weight is 363 g/mol. The number of thiocarbonyl (C=S) groups is 1. The topological polar surface area (TPSA) is 58.1 Å². The van der Waals surface area contributed by atoms with Crippen LogP contribution in [0.15, 0.2) is 12.4 Å². The minimum absolute atomic E-state index is 0.0870. The van der Waals surface area contributed by atoms with Gasteiger partial charge < -0.3 is 10.2 Å². The normalized spacial score (nSPS) is 15.7. The molecule has 0 amide bonds. The number of anilines is 1. The Kier molecular flexibility index (Phi) is 5.40. The summed E-state index contributed by atoms with van der Waals surface area (Å²) in [6.45, 7) is 6.49. The number of piperidine rings is 1. The second-order valence-electron chi connectivity index (χ2n) is 6.28. The number of nitrogens with one attached hydrogen (secondary N) is 1. The lowest BCUT2D eigenvalue weighted by Crippen LogP contribution is -2.35. The zero-order chi connectivity index (χ0) is 17.1. The number of carbonyl (C=O) groups excluding carboxylic acids is 1. The quantitative estimate of drug-likeness (QED) is 0.649. The molecule has 0 unspecified atom stereocenters. The van der Waals surface area contributed by atoms with Crippen LogP contribution in [0.2, 0.25) is 0 Å². The molecule has 0 aromatic carbocycles. The molecule has 1 N–H and O–H groups in total. The molecule has 0 bridgehead atoms. The maximum atomic E-state index is 11.6. The lowest BCUT2D eigenvalue weighted by atomic mass is 9.93. The summed E-state index contributed by atoms with van der Waals surface area (Å²) in [6, 6.07) is 1.87. The van der Waals surface area contributed by atoms with Gasteiger partial charge in [-0.15, -0.1) is 11.3 Å². The summed E-state index contributed by atoms with van der Waals surface area (Å²) in [7, 11) is 0. The van der Waals surface area contributed by atoms with Gasteiger partial charge in [0, 0.05) is 19.6 Å². The summed E-state index contributed by atoms with van der Waals surface area (Å²) in [6.07, 6.45) is 5.09. The van der Waals surface area contributed by atoms with Gasteiger partial charge in [0.05, 0.1) is 20.1 Å². The number of thiophene rings is 1. The van der Waals surface area contributed by atoms with E-state index in [-0.39, 0.29) is 5.78 Å². The highest BCUT2D eigenvalue weighted by atomic mass is 32.1. The highest BCUT2D eigenvalue weighted by Crippen LogP contribution is 2.33. The molecule has 24 heavy (non-hydrogen) atoms. The molecule has 2 aromatic rings. The first-order chi connectivity index (χ1) is 11.5. The first kappa shape index (κ1) is 17.2. The fraction of sp³-hybridized carbons (Fsp3) is 0.529. The van der Waals surface area contributed by atoms with Crippen molar-refractivity contribution in [2.45, 2.75) is 33.1 Å². The molecular weight excluding hydrogens is 340 g/mol. The molecule has 5 nitrogen and oxygen atoms in total. The van der Waals surface area contributed by atoms with Gasteiger partial charge in [0.1, 0.15) is 12.1 Å². The van der Waals surface area contributed by atoms with E-state index in [0.29, 0.717) is 0 Å². The Balaban J connectivity index is 1.67. The first-order valence-corrected chi connectivity index (χ1v) is 9.52. The zero-order valence-electron chi connectivity index (χ0n) is 14.0. The van der Waals surface area contributed by atoms with Crippen molar-refractivity contribution in [1.29, 1.82) is 0 Å². The predicted octanol–water partition coefficient (Wildman–Crippen LogP) is 3.44. The molecule has 3 rings (SSSR count). The maximum Gasteiger partial charge on any atom is 0.169 e. The van der Waals surface area contributed by atoms with Crippen LogP contribution in [0.3, 0.4) is 0 Å². The third-order valence-corrected chi connectivity index (χ3v) is 5.85. The Morgan fingerprint density at radius 1 is 1.38 bits per heavy atom. The molecule has 1 aliphatic heterocycles. The van der Waals surface area contributed by atoms with Gasteiger partial charge in [-0.2, -0.15) is 0 Å². The second-order valence-corrected chi connectivity index (χ2v) is 7.95. The predicted molar refractivity (Wildman–Crippen MR) is 103 cm³/mol. The SMILES string of the molecule is CC(=O)c1cc2ncnc(N3CCC(CCNC(C)=S)CC3)c2s1. The van der Waals surface area contributed by atoms with Gasteiger partial charge >= 0.3 is 0 Å². The van der Waals surface area contributed by atoms with Crippen molar-refractivity contribution in [2.75, 3.05) is 24.5 Å². The van der Waals surface area contributed by atoms with E-state index in [2.05, 4.69) is 20.2 Å². The van der Waals surface area contributed by atoms with E-state index in [1.54, 1.807) is 13.3 Å². The highest BCUT2D eigenvalue weighted by molar-refractivity contribution is 7.80. The van der Waals surface area contributed by atoms with E-state index in [4.69, 9.17) is 12.2 Å². The van der Waals surface area contributed by atoms with Crippen LogP contribution in [0.4, 0.5) is 5.82 Å². The maximum absolute atomic E-state index is 11.6. The summed E-state index contributed by atoms with van der Waals surface area (Å²) >= 11 is 6.56. The third-order valence-electron chi connectivity index (χ3n) is 4.48. The van der Waals surface area contributed by atoms with Crippen molar-refractivity contribution >= 4 is 50.4 Å². The van der Waals surface area contributed by atoms with Gasteiger partial charge in [0.2, 0.25) is 0 Å². The molecule has 0 aliphatic carbocycles. The van der Waals surface area contributed by atoms with E-state index in [1.807, 2.05) is 13.0 Å². The fourth-order valence-electron chi connectivity index (χ4n) is 3.13. The Morgan fingerprint density at radius 3 is 2.79 bits per heavy atom. The summed E-state index contributed by atoms with van der Waals surface area (Å²) < 4.78 is 1.03. The Bertz CT molecular complexity index is 750. The van der Waals surface area contributed by atoms with Crippen LogP contribution < -0.4 is 10.2 Å². The molecule has 128 valence electrons. The van der Waals surface area contributed by atoms with Crippen LogP contribution in [0.1, 0.15) is 42.8 Å². The Morgan fingerprint density at radius 2 is 2.12 bits per heavy atom. The van der Waals surface area contributed by atoms with Crippen LogP contribution in [-0.2, 0) is 0 Å². The fourth-order valence-corrected chi connectivity index (χ4v) is 4.25. The monoisotopic (exact) mass is 362 g/mol. The minimum atomic E-state index is 0.0870. The van der Waals surface area contributed by atoms with Crippen LogP contribution in [0, 0.1) is 5.92 Å². The zero-order valence-corrected chi connectivity index (χ0v) is 15.7. The number of ketones is 1. The lowest BCUT2D eigenvalue weighted by Gasteiger charge is -2.33. The smallest absolute Gasteiger partial charge is 0.169 e. The van der Waals surface area contributed by atoms with E-state index in [1.165, 1.54) is 11.3 Å². The largest absolute Gasteiger partial charge is 0.380 e. The van der Waals surface area contributed by atoms with Crippen molar-refractivity contribution in [3.8, 4) is 0 Å². The number of hydrogen-bond donors (Lipinski definition) is 1. The van der Waals surface area contributed by atoms with Gasteiger partial charge in [0.25, 0.3) is 0 Å². The average Bonchev–Trinajstić information content (AvgIpc) is 3.00. The molecule has 1 fully saturated rings. The lowest BCUT2D eigenvalue weighted by molar-refractivity contribution is 0.102. The van der Waals surface area contributed by atoms with Crippen molar-refractivity contribution in [3.63, 3.8) is 0 Å². The summed E-state index contributed by atoms with van der Waals surface area (Å²) in [5.41, 5.74) is 0.873. The van der Waals surface area contributed by atoms with Gasteiger partial charge in [-0.25, -0.2) is 9.97 Å². The van der Waals surface area contributed by atoms with Crippen molar-refractivity contribution in [2.24, 2.45) is 5.92 Å². The number of carbonyl (C=O) groups is 1. The van der Waals surface area contributed by atoms with Gasteiger partial charge in [-0.1, -0.05) is 12.2 Å². The summed E-state index contributed by atoms with van der Waals surface area (Å²) in [4.78, 5) is 24.4. The van der Waals surface area contributed by atoms with E-state index >= 15 is 0 Å². The van der Waals surface area contributed by atoms with Crippen molar-refractivity contribution < 1.29 is 4.79 Å². The number of fused-ring (bicyclic) bond motifs is 1. The molecule has 0 radical (unpaired) electrons. The molecular formula is C17H22N4OS2. The summed E-state index contributed by atoms with van der Waals surface area (Å²) in [5.74, 6) is 1.80. The van der Waals surface area contributed by atoms with Gasteiger partial charge in [-0.3, -0.25) is 4.79 Å². The standard InChI is InChI=1S/C17H22N4OS2/c1-11(22)15-9-14-16(24-15)17(20-10-19-14)21-7-4-13(5-8-21)3-6-18-12(2)23/h9-10,13H,3-8H2,1-2H3,(H,18,23). The second kappa shape index (κ2) is 7.53. The number of Topliss-reactive ketones (excluding diaryl/α,β-unsaturated/α-hetero) is 1. The first-order valence-electron chi connectivity index (χ1n) is 8.29. The van der Waals surface area contributed by atoms with Crippen LogP contribution in [-0.4, -0.2) is 40.4 Å². The van der Waals surface area contributed by atoms with Crippen LogP contribution in [0.5, 0.6) is 0 Å². The van der Waals surface area contributed by atoms with Gasteiger partial charge in [0.15, 0.2) is 5.78 Å². The number of rotatable bonds is 5. The van der Waals surface area contributed by atoms with E-state index in [0.717, 1.165) is 70.7 Å². The molecule has 0 saturated carbocycles. The molecule has 2 aromatic heterocycles. The molecule has 0 atom stereocenters. The van der Waals surface area contributed by atoms with Crippen LogP contribution >= 0.6 is 23.6 Å². The van der Waals surface area contributed by atoms with E-state index < -0.39 is 0 Å². The Labute approximate surface area is 151 Å². The minimum Gasteiger partial charge on any atom is -0.380 e. The van der Waals surface area contributed by atoms with Gasteiger partial charge in [-0.05, 0) is 45.1 Å². The van der Waals surface area contributed by atoms with Crippen molar-refractivity contribution in [1.82, 2.24) is 15.3 Å². The summed E-state index contributed by atoms with van der Waals surface area (Å²) in [5, 5.41) is 3.24. The molecule has 1 aliphatic rings. The molecule has 3 heterocycles. The third kappa shape index (κ3) is 3.89. The van der Waals surface area contributed by atoms with Crippen LogP contribution in [0.25, 0.3) is 10.2 Å². The van der Waals surface area contributed by atoms with Crippen molar-refractivity contribution in [3.05, 3.63) is 17.3 Å². The molecule has 0 spiro atoms. The number of nitrogens with zero attached hydrogens (tertiary/aromatic N) is 3.